The molecule has 3 heterocycles. The van der Waals surface area contributed by atoms with Gasteiger partial charge in [-0.3, -0.25) is 19.5 Å². The predicted octanol–water partition coefficient (Wildman–Crippen LogP) is 0.845. The van der Waals surface area contributed by atoms with Crippen molar-refractivity contribution < 1.29 is 23.7 Å². The zero-order chi connectivity index (χ0) is 23.2. The van der Waals surface area contributed by atoms with E-state index < -0.39 is 5.91 Å². The molecule has 0 aliphatic carbocycles. The van der Waals surface area contributed by atoms with Crippen LogP contribution >= 0.6 is 0 Å². The summed E-state index contributed by atoms with van der Waals surface area (Å²) < 4.78 is 24.0. The standard InChI is InChI=1S/C21H24N6O6/c1-2-27-19(29)14-3-4-15-17(33-10-8-31-6-5-30-7-9-32-15)16(14)25-21(27)26-18(28)13-11-23-20(22)24-12-13/h3-4,11-12H,2,5-10H2,1H3,(H2,22,23,24)(H,25,26,28). The second-order valence-electron chi connectivity index (χ2n) is 6.98. The summed E-state index contributed by atoms with van der Waals surface area (Å²) in [7, 11) is 0. The molecule has 2 aromatic heterocycles. The first-order chi connectivity index (χ1) is 16.1. The van der Waals surface area contributed by atoms with Gasteiger partial charge in [0.15, 0.2) is 11.5 Å². The number of nitrogens with two attached hydrogens (primary N) is 1. The first-order valence-corrected chi connectivity index (χ1v) is 10.5. The first-order valence-electron chi connectivity index (χ1n) is 10.5. The van der Waals surface area contributed by atoms with Crippen molar-refractivity contribution in [3.63, 3.8) is 0 Å². The summed E-state index contributed by atoms with van der Waals surface area (Å²) in [4.78, 5) is 38.1. The van der Waals surface area contributed by atoms with E-state index in [1.165, 1.54) is 17.0 Å². The number of benzene rings is 1. The Bertz CT molecular complexity index is 1200. The lowest BCUT2D eigenvalue weighted by Gasteiger charge is -2.18. The third kappa shape index (κ3) is 5.02. The lowest BCUT2D eigenvalue weighted by Crippen LogP contribution is -2.27. The van der Waals surface area contributed by atoms with Gasteiger partial charge in [-0.05, 0) is 19.1 Å². The average Bonchev–Trinajstić information content (AvgIpc) is 2.80. The largest absolute Gasteiger partial charge is 0.487 e. The van der Waals surface area contributed by atoms with E-state index in [4.69, 9.17) is 24.7 Å². The third-order valence-corrected chi connectivity index (χ3v) is 4.85. The van der Waals surface area contributed by atoms with E-state index in [-0.39, 0.29) is 48.3 Å². The van der Waals surface area contributed by atoms with E-state index in [9.17, 15) is 9.59 Å². The highest BCUT2D eigenvalue weighted by Crippen LogP contribution is 2.34. The van der Waals surface area contributed by atoms with E-state index in [2.05, 4.69) is 20.3 Å². The maximum atomic E-state index is 13.2. The Morgan fingerprint density at radius 3 is 2.42 bits per heavy atom. The summed E-state index contributed by atoms with van der Waals surface area (Å²) >= 11 is 0. The number of hydrogen-bond donors (Lipinski definition) is 2. The fourth-order valence-corrected chi connectivity index (χ4v) is 3.25. The molecular formula is C21H24N6O6. The Hall–Kier alpha value is -3.77. The minimum Gasteiger partial charge on any atom is -0.487 e. The molecule has 0 unspecified atom stereocenters. The Morgan fingerprint density at radius 1 is 1.06 bits per heavy atom. The molecular weight excluding hydrogens is 432 g/mol. The molecule has 0 saturated carbocycles. The quantitative estimate of drug-likeness (QED) is 0.580. The summed E-state index contributed by atoms with van der Waals surface area (Å²) in [5.74, 6) is 0.273. The highest BCUT2D eigenvalue weighted by atomic mass is 16.6. The van der Waals surface area contributed by atoms with Crippen LogP contribution in [0.25, 0.3) is 10.9 Å². The predicted molar refractivity (Wildman–Crippen MR) is 119 cm³/mol. The molecule has 0 fully saturated rings. The van der Waals surface area contributed by atoms with Crippen LogP contribution in [-0.2, 0) is 16.0 Å². The van der Waals surface area contributed by atoms with Crippen LogP contribution in [0.1, 0.15) is 17.3 Å². The number of ether oxygens (including phenoxy) is 4. The molecule has 33 heavy (non-hydrogen) atoms. The van der Waals surface area contributed by atoms with E-state index in [0.29, 0.717) is 43.3 Å². The summed E-state index contributed by atoms with van der Waals surface area (Å²) in [5, 5.41) is 2.99. The van der Waals surface area contributed by atoms with Crippen LogP contribution in [0.4, 0.5) is 11.9 Å². The minimum atomic E-state index is -0.536. The van der Waals surface area contributed by atoms with Gasteiger partial charge < -0.3 is 24.7 Å². The van der Waals surface area contributed by atoms with Gasteiger partial charge in [-0.2, -0.15) is 0 Å². The molecule has 0 saturated heterocycles. The summed E-state index contributed by atoms with van der Waals surface area (Å²) in [6.07, 6.45) is 2.58. The molecule has 0 radical (unpaired) electrons. The van der Waals surface area contributed by atoms with Crippen molar-refractivity contribution in [2.24, 2.45) is 0 Å². The van der Waals surface area contributed by atoms with Gasteiger partial charge in [-0.1, -0.05) is 0 Å². The molecule has 1 amide bonds. The zero-order valence-corrected chi connectivity index (χ0v) is 18.1. The van der Waals surface area contributed by atoms with Crippen LogP contribution in [0.3, 0.4) is 0 Å². The summed E-state index contributed by atoms with van der Waals surface area (Å²) in [5.41, 5.74) is 5.59. The van der Waals surface area contributed by atoms with Crippen LogP contribution in [0, 0.1) is 0 Å². The SMILES string of the molecule is CCn1c(NC(=O)c2cnc(N)nc2)nc2c3c(ccc2c1=O)OCCOCCOCCO3. The molecule has 0 atom stereocenters. The smallest absolute Gasteiger partial charge is 0.262 e. The Labute approximate surface area is 188 Å². The van der Waals surface area contributed by atoms with E-state index in [1.807, 2.05) is 0 Å². The number of fused-ring (bicyclic) bond motifs is 3. The monoisotopic (exact) mass is 456 g/mol. The van der Waals surface area contributed by atoms with E-state index in [0.717, 1.165) is 0 Å². The highest BCUT2D eigenvalue weighted by Gasteiger charge is 2.20. The van der Waals surface area contributed by atoms with Crippen molar-refractivity contribution in [3.8, 4) is 11.5 Å². The Balaban J connectivity index is 1.76. The minimum absolute atomic E-state index is 0.0456. The summed E-state index contributed by atoms with van der Waals surface area (Å²) in [6.45, 7) is 4.18. The van der Waals surface area contributed by atoms with Crippen molar-refractivity contribution >= 4 is 28.7 Å². The lowest BCUT2D eigenvalue weighted by atomic mass is 10.2. The van der Waals surface area contributed by atoms with Gasteiger partial charge >= 0.3 is 0 Å². The molecule has 1 aromatic carbocycles. The van der Waals surface area contributed by atoms with Crippen molar-refractivity contribution in [3.05, 3.63) is 40.4 Å². The van der Waals surface area contributed by atoms with Crippen LogP contribution in [0.15, 0.2) is 29.3 Å². The number of hydrogen-bond acceptors (Lipinski definition) is 10. The Kier molecular flexibility index (Phi) is 6.95. The number of aromatic nitrogens is 4. The maximum absolute atomic E-state index is 13.2. The molecule has 0 bridgehead atoms. The van der Waals surface area contributed by atoms with Crippen LogP contribution < -0.4 is 26.1 Å². The Morgan fingerprint density at radius 2 is 1.73 bits per heavy atom. The lowest BCUT2D eigenvalue weighted by molar-refractivity contribution is 0.0226. The topological polar surface area (TPSA) is 153 Å². The molecule has 0 spiro atoms. The molecule has 4 rings (SSSR count). The fourth-order valence-electron chi connectivity index (χ4n) is 3.25. The molecule has 3 aromatic rings. The fraction of sp³-hybridized carbons (Fsp3) is 0.381. The number of anilines is 2. The second-order valence-corrected chi connectivity index (χ2v) is 6.98. The van der Waals surface area contributed by atoms with Gasteiger partial charge in [0.2, 0.25) is 11.9 Å². The van der Waals surface area contributed by atoms with Crippen LogP contribution in [-0.4, -0.2) is 65.1 Å². The van der Waals surface area contributed by atoms with E-state index in [1.54, 1.807) is 19.1 Å². The maximum Gasteiger partial charge on any atom is 0.262 e. The number of nitrogens with one attached hydrogen (secondary N) is 1. The second kappa shape index (κ2) is 10.2. The first kappa shape index (κ1) is 22.4. The molecule has 12 heteroatoms. The number of nitrogens with zero attached hydrogens (tertiary/aromatic N) is 4. The zero-order valence-electron chi connectivity index (χ0n) is 18.1. The number of carbonyl (C=O) groups is 1. The van der Waals surface area contributed by atoms with Crippen LogP contribution in [0.5, 0.6) is 11.5 Å². The van der Waals surface area contributed by atoms with Gasteiger partial charge in [0.1, 0.15) is 18.7 Å². The van der Waals surface area contributed by atoms with Crippen molar-refractivity contribution in [1.29, 1.82) is 0 Å². The number of carbonyl (C=O) groups excluding carboxylic acids is 1. The molecule has 1 aliphatic rings. The normalized spacial score (nSPS) is 14.8. The third-order valence-electron chi connectivity index (χ3n) is 4.85. The van der Waals surface area contributed by atoms with Crippen LogP contribution in [0.2, 0.25) is 0 Å². The molecule has 3 N–H and O–H groups in total. The molecule has 12 nitrogen and oxygen atoms in total. The average molecular weight is 456 g/mol. The molecule has 1 aliphatic heterocycles. The number of amides is 1. The van der Waals surface area contributed by atoms with Gasteiger partial charge in [-0.25, -0.2) is 15.0 Å². The van der Waals surface area contributed by atoms with Gasteiger partial charge in [0.25, 0.3) is 11.5 Å². The molecule has 174 valence electrons. The van der Waals surface area contributed by atoms with Gasteiger partial charge in [0, 0.05) is 18.9 Å². The summed E-state index contributed by atoms with van der Waals surface area (Å²) in [6, 6.07) is 3.29. The van der Waals surface area contributed by atoms with Crippen molar-refractivity contribution in [1.82, 2.24) is 19.5 Å². The number of nitrogen functional groups attached to an aromatic ring is 1. The van der Waals surface area contributed by atoms with E-state index >= 15 is 0 Å². The van der Waals surface area contributed by atoms with Gasteiger partial charge in [0.05, 0.1) is 37.4 Å². The van der Waals surface area contributed by atoms with Crippen molar-refractivity contribution in [2.45, 2.75) is 13.5 Å². The van der Waals surface area contributed by atoms with Crippen molar-refractivity contribution in [2.75, 3.05) is 50.7 Å². The highest BCUT2D eigenvalue weighted by molar-refractivity contribution is 6.03. The van der Waals surface area contributed by atoms with Gasteiger partial charge in [-0.15, -0.1) is 0 Å². The number of rotatable bonds is 3.